The van der Waals surface area contributed by atoms with E-state index in [9.17, 15) is 18.0 Å². The van der Waals surface area contributed by atoms with Crippen LogP contribution >= 0.6 is 0 Å². The Bertz CT molecular complexity index is 1630. The Kier molecular flexibility index (Phi) is 8.04. The summed E-state index contributed by atoms with van der Waals surface area (Å²) >= 11 is 0. The fraction of sp³-hybridized carbons (Fsp3) is 0.280. The Hall–Kier alpha value is -4.59. The lowest BCUT2D eigenvalue weighted by Crippen LogP contribution is -2.21. The summed E-state index contributed by atoms with van der Waals surface area (Å²) in [6.07, 6.45) is 3.89. The first-order valence-electron chi connectivity index (χ1n) is 11.9. The molecule has 3 N–H and O–H groups in total. The van der Waals surface area contributed by atoms with Gasteiger partial charge in [-0.05, 0) is 35.9 Å². The fourth-order valence-corrected chi connectivity index (χ4v) is 5.02. The van der Waals surface area contributed by atoms with Crippen molar-refractivity contribution in [3.8, 4) is 11.5 Å². The van der Waals surface area contributed by atoms with E-state index in [-0.39, 0.29) is 33.8 Å². The number of ether oxygens (including phenoxy) is 2. The molecule has 0 saturated carbocycles. The van der Waals surface area contributed by atoms with Crippen LogP contribution in [-0.2, 0) is 27.9 Å². The van der Waals surface area contributed by atoms with E-state index < -0.39 is 10.0 Å². The van der Waals surface area contributed by atoms with Crippen LogP contribution in [0.1, 0.15) is 34.8 Å². The van der Waals surface area contributed by atoms with E-state index in [1.54, 1.807) is 29.9 Å². The molecule has 13 nitrogen and oxygen atoms in total. The van der Waals surface area contributed by atoms with Gasteiger partial charge in [0.1, 0.15) is 21.8 Å². The van der Waals surface area contributed by atoms with Crippen LogP contribution in [0.2, 0.25) is 0 Å². The largest absolute Gasteiger partial charge is 0.496 e. The first kappa shape index (κ1) is 27.4. The Morgan fingerprint density at radius 2 is 1.85 bits per heavy atom. The first-order chi connectivity index (χ1) is 18.7. The van der Waals surface area contributed by atoms with Crippen molar-refractivity contribution in [2.75, 3.05) is 26.0 Å². The van der Waals surface area contributed by atoms with Gasteiger partial charge in [0.25, 0.3) is 15.9 Å². The molecule has 0 radical (unpaired) electrons. The number of anilines is 1. The molecule has 0 unspecified atom stereocenters. The molecule has 14 heteroatoms. The van der Waals surface area contributed by atoms with Gasteiger partial charge < -0.3 is 24.6 Å². The van der Waals surface area contributed by atoms with Gasteiger partial charge in [0, 0.05) is 37.3 Å². The van der Waals surface area contributed by atoms with Gasteiger partial charge in [-0.25, -0.2) is 8.42 Å². The molecular formula is C25H28N6O7S. The van der Waals surface area contributed by atoms with Crippen molar-refractivity contribution in [2.45, 2.75) is 31.3 Å². The van der Waals surface area contributed by atoms with Crippen LogP contribution in [0.3, 0.4) is 0 Å². The van der Waals surface area contributed by atoms with E-state index >= 15 is 0 Å². The second kappa shape index (κ2) is 11.4. The Morgan fingerprint density at radius 3 is 2.54 bits per heavy atom. The molecule has 2 aromatic carbocycles. The van der Waals surface area contributed by atoms with Gasteiger partial charge in [-0.1, -0.05) is 12.1 Å². The molecule has 0 spiro atoms. The minimum atomic E-state index is -4.19. The minimum Gasteiger partial charge on any atom is -0.496 e. The molecule has 2 amide bonds. The summed E-state index contributed by atoms with van der Waals surface area (Å²) in [5.74, 6) is -0.180. The molecule has 0 fully saturated rings. The van der Waals surface area contributed by atoms with Gasteiger partial charge in [-0.2, -0.15) is 5.10 Å². The molecule has 0 aliphatic rings. The van der Waals surface area contributed by atoms with Crippen LogP contribution < -0.4 is 24.8 Å². The van der Waals surface area contributed by atoms with Crippen LogP contribution in [0, 0.1) is 0 Å². The highest BCUT2D eigenvalue weighted by Gasteiger charge is 2.25. The van der Waals surface area contributed by atoms with E-state index in [0.717, 1.165) is 11.1 Å². The Labute approximate surface area is 224 Å². The number of amides is 2. The number of nitrogens with one attached hydrogen (secondary N) is 3. The highest BCUT2D eigenvalue weighted by molar-refractivity contribution is 7.92. The third kappa shape index (κ3) is 5.95. The molecular weight excluding hydrogens is 528 g/mol. The number of hydrogen-bond donors (Lipinski definition) is 3. The highest BCUT2D eigenvalue weighted by Crippen LogP contribution is 2.36. The number of carbonyl (C=O) groups excluding carboxylic acids is 2. The Balaban J connectivity index is 1.59. The second-order valence-electron chi connectivity index (χ2n) is 8.43. The predicted octanol–water partition coefficient (Wildman–Crippen LogP) is 2.28. The molecule has 4 rings (SSSR count). The number of sulfonamides is 1. The third-order valence-corrected chi connectivity index (χ3v) is 7.21. The molecule has 0 atom stereocenters. The van der Waals surface area contributed by atoms with Gasteiger partial charge >= 0.3 is 0 Å². The van der Waals surface area contributed by atoms with Crippen molar-refractivity contribution in [1.82, 2.24) is 25.6 Å². The van der Waals surface area contributed by atoms with E-state index in [4.69, 9.17) is 14.0 Å². The normalized spacial score (nSPS) is 11.3. The lowest BCUT2D eigenvalue weighted by molar-refractivity contribution is -0.120. The van der Waals surface area contributed by atoms with Gasteiger partial charge in [0.15, 0.2) is 11.4 Å². The van der Waals surface area contributed by atoms with Crippen molar-refractivity contribution in [3.63, 3.8) is 0 Å². The Morgan fingerprint density at radius 1 is 1.08 bits per heavy atom. The number of aromatic nitrogens is 3. The van der Waals surface area contributed by atoms with Crippen LogP contribution in [0.4, 0.5) is 5.82 Å². The average molecular weight is 557 g/mol. The van der Waals surface area contributed by atoms with Crippen molar-refractivity contribution in [1.29, 1.82) is 0 Å². The number of methoxy groups -OCH3 is 2. The molecule has 206 valence electrons. The van der Waals surface area contributed by atoms with Crippen molar-refractivity contribution in [2.24, 2.45) is 0 Å². The lowest BCUT2D eigenvalue weighted by Gasteiger charge is -2.12. The van der Waals surface area contributed by atoms with E-state index in [2.05, 4.69) is 25.6 Å². The number of hydrogen-bond acceptors (Lipinski definition) is 9. The molecule has 2 heterocycles. The van der Waals surface area contributed by atoms with Gasteiger partial charge in [-0.15, -0.1) is 0 Å². The number of rotatable bonds is 11. The topological polar surface area (TPSA) is 167 Å². The van der Waals surface area contributed by atoms with Gasteiger partial charge in [0.05, 0.1) is 27.0 Å². The number of carbonyl (C=O) groups is 2. The smallest absolute Gasteiger partial charge is 0.266 e. The summed E-state index contributed by atoms with van der Waals surface area (Å²) in [6, 6.07) is 7.43. The van der Waals surface area contributed by atoms with E-state index in [1.807, 2.05) is 6.20 Å². The zero-order chi connectivity index (χ0) is 28.2. The standard InChI is InChI=1S/C25H28N6O7S/c1-5-22(32)27-11-16-12-28-31(14-16)13-15-8-19(37-4)23-20(9-15)38-29-24(23)30-39(34,35)21-7-6-17(25(33)26-2)10-18(21)36-3/h6-10,12,14H,5,11,13H2,1-4H3,(H,26,33)(H,27,32)(H,29,30). The maximum Gasteiger partial charge on any atom is 0.266 e. The zero-order valence-electron chi connectivity index (χ0n) is 21.8. The average Bonchev–Trinajstić information content (AvgIpc) is 3.56. The molecule has 39 heavy (non-hydrogen) atoms. The lowest BCUT2D eigenvalue weighted by atomic mass is 10.1. The van der Waals surface area contributed by atoms with Crippen LogP contribution in [0.5, 0.6) is 11.5 Å². The SMILES string of the molecule is CCC(=O)NCc1cnn(Cc2cc(OC)c3c(NS(=O)(=O)c4ccc(C(=O)NC)cc4OC)noc3c2)c1. The molecule has 0 bridgehead atoms. The highest BCUT2D eigenvalue weighted by atomic mass is 32.2. The van der Waals surface area contributed by atoms with Crippen LogP contribution in [0.25, 0.3) is 11.0 Å². The molecule has 2 aromatic heterocycles. The van der Waals surface area contributed by atoms with Gasteiger partial charge in [-0.3, -0.25) is 19.0 Å². The summed E-state index contributed by atoms with van der Waals surface area (Å²) in [6.45, 7) is 2.52. The number of fused-ring (bicyclic) bond motifs is 1. The second-order valence-corrected chi connectivity index (χ2v) is 10.1. The van der Waals surface area contributed by atoms with Gasteiger partial charge in [0.2, 0.25) is 5.91 Å². The molecule has 0 aliphatic heterocycles. The summed E-state index contributed by atoms with van der Waals surface area (Å²) in [5, 5.41) is 13.8. The fourth-order valence-electron chi connectivity index (χ4n) is 3.87. The first-order valence-corrected chi connectivity index (χ1v) is 13.3. The van der Waals surface area contributed by atoms with Crippen molar-refractivity contribution in [3.05, 3.63) is 59.4 Å². The molecule has 0 aliphatic carbocycles. The van der Waals surface area contributed by atoms with Crippen LogP contribution in [-0.4, -0.2) is 56.4 Å². The summed E-state index contributed by atoms with van der Waals surface area (Å²) in [4.78, 5) is 23.2. The maximum atomic E-state index is 13.2. The van der Waals surface area contributed by atoms with E-state index in [1.165, 1.54) is 39.5 Å². The van der Waals surface area contributed by atoms with E-state index in [0.29, 0.717) is 36.2 Å². The zero-order valence-corrected chi connectivity index (χ0v) is 22.6. The predicted molar refractivity (Wildman–Crippen MR) is 141 cm³/mol. The molecule has 0 saturated heterocycles. The van der Waals surface area contributed by atoms with Crippen LogP contribution in [0.15, 0.2) is 52.1 Å². The third-order valence-electron chi connectivity index (χ3n) is 5.83. The maximum absolute atomic E-state index is 13.2. The minimum absolute atomic E-state index is 0.0153. The quantitative estimate of drug-likeness (QED) is 0.251. The molecule has 4 aromatic rings. The van der Waals surface area contributed by atoms with Crippen molar-refractivity contribution >= 4 is 38.6 Å². The monoisotopic (exact) mass is 556 g/mol. The number of nitrogens with zero attached hydrogens (tertiary/aromatic N) is 3. The number of benzene rings is 2. The summed E-state index contributed by atoms with van der Waals surface area (Å²) in [5.41, 5.74) is 2.15. The van der Waals surface area contributed by atoms with Crippen molar-refractivity contribution < 1.29 is 32.0 Å². The summed E-state index contributed by atoms with van der Waals surface area (Å²) in [7, 11) is 0.0379. The summed E-state index contributed by atoms with van der Waals surface area (Å²) < 4.78 is 46.8.